The Kier molecular flexibility index (Phi) is 4.54. The van der Waals surface area contributed by atoms with Gasteiger partial charge in [0, 0.05) is 13.5 Å². The van der Waals surface area contributed by atoms with Crippen LogP contribution < -0.4 is 0 Å². The third kappa shape index (κ3) is 3.47. The second-order valence-electron chi connectivity index (χ2n) is 4.48. The standard InChI is InChI=1S/C11H21NO3/c1-8(6-11(14)12(2)15-3)9-4-5-10(13)7-9/h8-10,13H,4-7H2,1-3H3/t8-,9+,10-/m0/s1. The van der Waals surface area contributed by atoms with Crippen molar-refractivity contribution in [2.45, 2.75) is 38.7 Å². The number of carbonyl (C=O) groups is 1. The molecule has 0 heterocycles. The fourth-order valence-electron chi connectivity index (χ4n) is 2.18. The minimum absolute atomic E-state index is 0.00592. The van der Waals surface area contributed by atoms with E-state index in [9.17, 15) is 9.90 Å². The van der Waals surface area contributed by atoms with Gasteiger partial charge in [0.25, 0.3) is 0 Å². The van der Waals surface area contributed by atoms with E-state index in [1.807, 2.05) is 0 Å². The molecule has 0 spiro atoms. The van der Waals surface area contributed by atoms with Gasteiger partial charge in [0.05, 0.1) is 13.2 Å². The first-order valence-electron chi connectivity index (χ1n) is 5.53. The monoisotopic (exact) mass is 215 g/mol. The van der Waals surface area contributed by atoms with Crippen molar-refractivity contribution < 1.29 is 14.7 Å². The molecule has 1 saturated carbocycles. The number of aliphatic hydroxyl groups is 1. The van der Waals surface area contributed by atoms with E-state index < -0.39 is 0 Å². The van der Waals surface area contributed by atoms with Crippen molar-refractivity contribution in [1.82, 2.24) is 5.06 Å². The van der Waals surface area contributed by atoms with Crippen molar-refractivity contribution in [1.29, 1.82) is 0 Å². The summed E-state index contributed by atoms with van der Waals surface area (Å²) >= 11 is 0. The molecule has 1 fully saturated rings. The van der Waals surface area contributed by atoms with Crippen LogP contribution in [0.25, 0.3) is 0 Å². The highest BCUT2D eigenvalue weighted by Gasteiger charge is 2.29. The van der Waals surface area contributed by atoms with Crippen LogP contribution in [0, 0.1) is 11.8 Å². The molecule has 1 aliphatic rings. The Morgan fingerprint density at radius 2 is 2.27 bits per heavy atom. The topological polar surface area (TPSA) is 49.8 Å². The number of hydrogen-bond donors (Lipinski definition) is 1. The first kappa shape index (κ1) is 12.5. The summed E-state index contributed by atoms with van der Waals surface area (Å²) in [6, 6.07) is 0. The fraction of sp³-hybridized carbons (Fsp3) is 0.909. The molecule has 3 atom stereocenters. The summed E-state index contributed by atoms with van der Waals surface area (Å²) in [6.45, 7) is 2.07. The maximum atomic E-state index is 11.6. The van der Waals surface area contributed by atoms with Crippen LogP contribution in [0.5, 0.6) is 0 Å². The lowest BCUT2D eigenvalue weighted by Crippen LogP contribution is -2.28. The van der Waals surface area contributed by atoms with Gasteiger partial charge in [-0.15, -0.1) is 0 Å². The van der Waals surface area contributed by atoms with Crippen molar-refractivity contribution in [3.05, 3.63) is 0 Å². The van der Waals surface area contributed by atoms with Crippen molar-refractivity contribution in [2.75, 3.05) is 14.2 Å². The molecule has 0 aromatic carbocycles. The van der Waals surface area contributed by atoms with E-state index in [4.69, 9.17) is 4.84 Å². The van der Waals surface area contributed by atoms with E-state index in [0.717, 1.165) is 19.3 Å². The van der Waals surface area contributed by atoms with Gasteiger partial charge < -0.3 is 5.11 Å². The molecule has 0 aliphatic heterocycles. The van der Waals surface area contributed by atoms with Crippen molar-refractivity contribution >= 4 is 5.91 Å². The maximum absolute atomic E-state index is 11.6. The summed E-state index contributed by atoms with van der Waals surface area (Å²) in [5.74, 6) is 0.813. The van der Waals surface area contributed by atoms with E-state index >= 15 is 0 Å². The molecule has 4 nitrogen and oxygen atoms in total. The number of hydroxylamine groups is 2. The van der Waals surface area contributed by atoms with Crippen LogP contribution in [-0.2, 0) is 9.63 Å². The molecule has 1 aliphatic carbocycles. The SMILES string of the molecule is CON(C)C(=O)C[C@H](C)[C@@H]1CC[C@H](O)C1. The molecule has 88 valence electrons. The summed E-state index contributed by atoms with van der Waals surface area (Å²) in [5.41, 5.74) is 0. The van der Waals surface area contributed by atoms with Gasteiger partial charge in [0.2, 0.25) is 5.91 Å². The van der Waals surface area contributed by atoms with Gasteiger partial charge in [-0.25, -0.2) is 5.06 Å². The average molecular weight is 215 g/mol. The normalized spacial score (nSPS) is 27.7. The summed E-state index contributed by atoms with van der Waals surface area (Å²) in [5, 5.41) is 10.7. The Labute approximate surface area is 91.2 Å². The largest absolute Gasteiger partial charge is 0.393 e. The zero-order chi connectivity index (χ0) is 11.4. The summed E-state index contributed by atoms with van der Waals surface area (Å²) in [7, 11) is 3.11. The Bertz CT molecular complexity index is 220. The predicted molar refractivity (Wildman–Crippen MR) is 56.9 cm³/mol. The van der Waals surface area contributed by atoms with Gasteiger partial charge in [-0.2, -0.15) is 0 Å². The van der Waals surface area contributed by atoms with E-state index in [-0.39, 0.29) is 12.0 Å². The van der Waals surface area contributed by atoms with Gasteiger partial charge in [0.1, 0.15) is 0 Å². The third-order valence-electron chi connectivity index (χ3n) is 3.37. The lowest BCUT2D eigenvalue weighted by Gasteiger charge is -2.21. The van der Waals surface area contributed by atoms with E-state index in [1.165, 1.54) is 12.2 Å². The summed E-state index contributed by atoms with van der Waals surface area (Å²) in [4.78, 5) is 16.4. The third-order valence-corrected chi connectivity index (χ3v) is 3.37. The molecule has 0 aromatic rings. The van der Waals surface area contributed by atoms with Crippen molar-refractivity contribution in [3.63, 3.8) is 0 Å². The highest BCUT2D eigenvalue weighted by molar-refractivity contribution is 5.75. The van der Waals surface area contributed by atoms with Gasteiger partial charge in [-0.3, -0.25) is 9.63 Å². The number of rotatable bonds is 4. The molecule has 1 rings (SSSR count). The van der Waals surface area contributed by atoms with E-state index in [2.05, 4.69) is 6.92 Å². The summed E-state index contributed by atoms with van der Waals surface area (Å²) < 4.78 is 0. The minimum atomic E-state index is -0.160. The molecule has 1 N–H and O–H groups in total. The number of nitrogens with zero attached hydrogens (tertiary/aromatic N) is 1. The van der Waals surface area contributed by atoms with Crippen LogP contribution in [0.1, 0.15) is 32.6 Å². The lowest BCUT2D eigenvalue weighted by molar-refractivity contribution is -0.170. The summed E-state index contributed by atoms with van der Waals surface area (Å²) in [6.07, 6.45) is 3.09. The van der Waals surface area contributed by atoms with Crippen LogP contribution in [0.2, 0.25) is 0 Å². The number of hydrogen-bond acceptors (Lipinski definition) is 3. The van der Waals surface area contributed by atoms with Gasteiger partial charge in [0.15, 0.2) is 0 Å². The molecule has 1 amide bonds. The fourth-order valence-corrected chi connectivity index (χ4v) is 2.18. The Morgan fingerprint density at radius 1 is 1.60 bits per heavy atom. The highest BCUT2D eigenvalue weighted by atomic mass is 16.7. The molecule has 0 radical (unpaired) electrons. The molecule has 4 heteroatoms. The second-order valence-corrected chi connectivity index (χ2v) is 4.48. The lowest BCUT2D eigenvalue weighted by atomic mass is 9.89. The Morgan fingerprint density at radius 3 is 2.73 bits per heavy atom. The zero-order valence-electron chi connectivity index (χ0n) is 9.77. The number of carbonyl (C=O) groups excluding carboxylic acids is 1. The van der Waals surface area contributed by atoms with Crippen LogP contribution in [0.4, 0.5) is 0 Å². The van der Waals surface area contributed by atoms with Crippen LogP contribution in [0.15, 0.2) is 0 Å². The zero-order valence-corrected chi connectivity index (χ0v) is 9.77. The second kappa shape index (κ2) is 5.47. The first-order chi connectivity index (χ1) is 7.04. The Balaban J connectivity index is 2.35. The van der Waals surface area contributed by atoms with Crippen molar-refractivity contribution in [2.24, 2.45) is 11.8 Å². The molecule has 0 bridgehead atoms. The molecule has 0 saturated heterocycles. The van der Waals surface area contributed by atoms with E-state index in [1.54, 1.807) is 7.05 Å². The molecule has 0 unspecified atom stereocenters. The van der Waals surface area contributed by atoms with Gasteiger partial charge in [-0.05, 0) is 31.1 Å². The van der Waals surface area contributed by atoms with E-state index in [0.29, 0.717) is 18.3 Å². The predicted octanol–water partition coefficient (Wildman–Crippen LogP) is 1.19. The maximum Gasteiger partial charge on any atom is 0.246 e. The average Bonchev–Trinajstić information content (AvgIpc) is 2.63. The van der Waals surface area contributed by atoms with Gasteiger partial charge >= 0.3 is 0 Å². The van der Waals surface area contributed by atoms with Crippen LogP contribution in [0.3, 0.4) is 0 Å². The molecule has 15 heavy (non-hydrogen) atoms. The quantitative estimate of drug-likeness (QED) is 0.717. The molecular formula is C11H21NO3. The number of amides is 1. The van der Waals surface area contributed by atoms with Crippen LogP contribution in [-0.4, -0.2) is 36.3 Å². The smallest absolute Gasteiger partial charge is 0.246 e. The Hall–Kier alpha value is -0.610. The number of aliphatic hydroxyl groups excluding tert-OH is 1. The highest BCUT2D eigenvalue weighted by Crippen LogP contribution is 2.33. The van der Waals surface area contributed by atoms with Gasteiger partial charge in [-0.1, -0.05) is 6.92 Å². The first-order valence-corrected chi connectivity index (χ1v) is 5.53. The minimum Gasteiger partial charge on any atom is -0.393 e. The van der Waals surface area contributed by atoms with Crippen LogP contribution >= 0.6 is 0 Å². The molecule has 0 aromatic heterocycles. The van der Waals surface area contributed by atoms with Crippen molar-refractivity contribution in [3.8, 4) is 0 Å². The molecular weight excluding hydrogens is 194 g/mol.